The first-order valence-electron chi connectivity index (χ1n) is 3.85. The molecule has 1 N–H and O–H groups in total. The lowest BCUT2D eigenvalue weighted by Gasteiger charge is -2.25. The normalized spacial score (nSPS) is 11.5. The summed E-state index contributed by atoms with van der Waals surface area (Å²) in [6.07, 6.45) is 1.24. The molecule has 0 heterocycles. The Morgan fingerprint density at radius 3 is 2.00 bits per heavy atom. The van der Waals surface area contributed by atoms with Gasteiger partial charge in [-0.3, -0.25) is 4.79 Å². The predicted molar refractivity (Wildman–Crippen MR) is 42.5 cm³/mol. The summed E-state index contributed by atoms with van der Waals surface area (Å²) in [6, 6.07) is 0. The van der Waals surface area contributed by atoms with Crippen LogP contribution in [0, 0.1) is 5.41 Å². The maximum atomic E-state index is 10.8. The largest absolute Gasteiger partial charge is 0.481 e. The maximum Gasteiger partial charge on any atom is 0.311 e. The molecule has 0 aliphatic carbocycles. The van der Waals surface area contributed by atoms with Crippen molar-refractivity contribution in [2.24, 2.45) is 5.41 Å². The summed E-state index contributed by atoms with van der Waals surface area (Å²) < 4.78 is 4.87. The van der Waals surface area contributed by atoms with Gasteiger partial charge in [0.05, 0.1) is 12.0 Å². The standard InChI is InChI=1S/C8H16O3/c1-4-8(5-2,6-11-3)7(9)10/h4-6H2,1-3H3,(H,9,10). The lowest BCUT2D eigenvalue weighted by molar-refractivity contribution is -0.152. The zero-order valence-corrected chi connectivity index (χ0v) is 7.39. The molecule has 0 saturated carbocycles. The van der Waals surface area contributed by atoms with Gasteiger partial charge < -0.3 is 9.84 Å². The van der Waals surface area contributed by atoms with Crippen molar-refractivity contribution in [1.82, 2.24) is 0 Å². The molecule has 0 spiro atoms. The fourth-order valence-electron chi connectivity index (χ4n) is 1.09. The summed E-state index contributed by atoms with van der Waals surface area (Å²) in [4.78, 5) is 10.8. The van der Waals surface area contributed by atoms with E-state index in [1.54, 1.807) is 0 Å². The summed E-state index contributed by atoms with van der Waals surface area (Å²) in [7, 11) is 1.53. The van der Waals surface area contributed by atoms with Crippen LogP contribution in [-0.4, -0.2) is 24.8 Å². The van der Waals surface area contributed by atoms with E-state index in [4.69, 9.17) is 9.84 Å². The second-order valence-corrected chi connectivity index (χ2v) is 2.73. The Kier molecular flexibility index (Phi) is 4.11. The van der Waals surface area contributed by atoms with Crippen molar-refractivity contribution >= 4 is 5.97 Å². The molecule has 0 radical (unpaired) electrons. The first kappa shape index (κ1) is 10.4. The Hall–Kier alpha value is -0.570. The summed E-state index contributed by atoms with van der Waals surface area (Å²) in [6.45, 7) is 4.04. The quantitative estimate of drug-likeness (QED) is 0.663. The molecule has 0 aromatic heterocycles. The molecule has 0 fully saturated rings. The minimum atomic E-state index is -0.760. The first-order valence-corrected chi connectivity index (χ1v) is 3.85. The van der Waals surface area contributed by atoms with Crippen molar-refractivity contribution in [3.05, 3.63) is 0 Å². The number of ether oxygens (including phenoxy) is 1. The molecule has 3 heteroatoms. The average Bonchev–Trinajstić information content (AvgIpc) is 2.00. The first-order chi connectivity index (χ1) is 5.13. The Labute approximate surface area is 67.4 Å². The molecular weight excluding hydrogens is 144 g/mol. The van der Waals surface area contributed by atoms with Crippen LogP contribution in [0.15, 0.2) is 0 Å². The van der Waals surface area contributed by atoms with Gasteiger partial charge in [0.25, 0.3) is 0 Å². The Balaban J connectivity index is 4.32. The average molecular weight is 160 g/mol. The molecular formula is C8H16O3. The van der Waals surface area contributed by atoms with Gasteiger partial charge in [0.1, 0.15) is 0 Å². The topological polar surface area (TPSA) is 46.5 Å². The lowest BCUT2D eigenvalue weighted by atomic mass is 9.83. The van der Waals surface area contributed by atoms with Crippen molar-refractivity contribution in [1.29, 1.82) is 0 Å². The van der Waals surface area contributed by atoms with Gasteiger partial charge in [0.15, 0.2) is 0 Å². The van der Waals surface area contributed by atoms with Gasteiger partial charge in [-0.1, -0.05) is 13.8 Å². The van der Waals surface area contributed by atoms with Gasteiger partial charge in [-0.25, -0.2) is 0 Å². The molecule has 11 heavy (non-hydrogen) atoms. The molecule has 0 unspecified atom stereocenters. The van der Waals surface area contributed by atoms with Crippen LogP contribution in [0.1, 0.15) is 26.7 Å². The van der Waals surface area contributed by atoms with Crippen LogP contribution >= 0.6 is 0 Å². The molecule has 0 aliphatic heterocycles. The van der Waals surface area contributed by atoms with E-state index in [2.05, 4.69) is 0 Å². The zero-order chi connectivity index (χ0) is 8.91. The van der Waals surface area contributed by atoms with E-state index in [9.17, 15) is 4.79 Å². The molecule has 0 bridgehead atoms. The van der Waals surface area contributed by atoms with Crippen LogP contribution in [0.4, 0.5) is 0 Å². The number of hydrogen-bond acceptors (Lipinski definition) is 2. The van der Waals surface area contributed by atoms with Gasteiger partial charge in [0, 0.05) is 7.11 Å². The van der Waals surface area contributed by atoms with Gasteiger partial charge in [-0.05, 0) is 12.8 Å². The second kappa shape index (κ2) is 4.34. The third-order valence-electron chi connectivity index (χ3n) is 2.23. The molecule has 0 rings (SSSR count). The fraction of sp³-hybridized carbons (Fsp3) is 0.875. The second-order valence-electron chi connectivity index (χ2n) is 2.73. The summed E-state index contributed by atoms with van der Waals surface area (Å²) in [5.41, 5.74) is -0.672. The van der Waals surface area contributed by atoms with Crippen LogP contribution < -0.4 is 0 Å². The SMILES string of the molecule is CCC(CC)(COC)C(=O)O. The number of carboxylic acid groups (broad SMARTS) is 1. The highest BCUT2D eigenvalue weighted by molar-refractivity contribution is 5.74. The van der Waals surface area contributed by atoms with Crippen LogP contribution in [0.5, 0.6) is 0 Å². The summed E-state index contributed by atoms with van der Waals surface area (Å²) >= 11 is 0. The van der Waals surface area contributed by atoms with E-state index >= 15 is 0 Å². The number of aliphatic carboxylic acids is 1. The van der Waals surface area contributed by atoms with E-state index in [0.717, 1.165) is 0 Å². The minimum Gasteiger partial charge on any atom is -0.481 e. The maximum absolute atomic E-state index is 10.8. The van der Waals surface area contributed by atoms with Crippen molar-refractivity contribution in [3.63, 3.8) is 0 Å². The van der Waals surface area contributed by atoms with Crippen molar-refractivity contribution in [2.45, 2.75) is 26.7 Å². The number of rotatable bonds is 5. The molecule has 66 valence electrons. The molecule has 0 aromatic carbocycles. The molecule has 0 aromatic rings. The summed E-state index contributed by atoms with van der Waals surface area (Å²) in [5, 5.41) is 8.87. The Bertz CT molecular complexity index is 127. The van der Waals surface area contributed by atoms with E-state index in [-0.39, 0.29) is 0 Å². The number of hydrogen-bond donors (Lipinski definition) is 1. The van der Waals surface area contributed by atoms with E-state index in [0.29, 0.717) is 19.4 Å². The Morgan fingerprint density at radius 1 is 1.45 bits per heavy atom. The van der Waals surface area contributed by atoms with Crippen molar-refractivity contribution in [3.8, 4) is 0 Å². The van der Waals surface area contributed by atoms with Crippen molar-refractivity contribution < 1.29 is 14.6 Å². The van der Waals surface area contributed by atoms with Crippen molar-refractivity contribution in [2.75, 3.05) is 13.7 Å². The minimum absolute atomic E-state index is 0.301. The molecule has 0 amide bonds. The molecule has 0 saturated heterocycles. The lowest BCUT2D eigenvalue weighted by Crippen LogP contribution is -2.34. The van der Waals surface area contributed by atoms with Gasteiger partial charge >= 0.3 is 5.97 Å². The molecule has 0 aliphatic rings. The highest BCUT2D eigenvalue weighted by Crippen LogP contribution is 2.26. The monoisotopic (exact) mass is 160 g/mol. The highest BCUT2D eigenvalue weighted by atomic mass is 16.5. The highest BCUT2D eigenvalue weighted by Gasteiger charge is 2.34. The summed E-state index contributed by atoms with van der Waals surface area (Å²) in [5.74, 6) is -0.760. The third kappa shape index (κ3) is 2.19. The molecule has 3 nitrogen and oxygen atoms in total. The fourth-order valence-corrected chi connectivity index (χ4v) is 1.09. The van der Waals surface area contributed by atoms with Crippen LogP contribution in [0.25, 0.3) is 0 Å². The zero-order valence-electron chi connectivity index (χ0n) is 7.39. The predicted octanol–water partition coefficient (Wildman–Crippen LogP) is 1.52. The van der Waals surface area contributed by atoms with Crippen LogP contribution in [-0.2, 0) is 9.53 Å². The number of carboxylic acids is 1. The number of methoxy groups -OCH3 is 1. The van der Waals surface area contributed by atoms with Crippen LogP contribution in [0.2, 0.25) is 0 Å². The third-order valence-corrected chi connectivity index (χ3v) is 2.23. The van der Waals surface area contributed by atoms with E-state index in [1.807, 2.05) is 13.8 Å². The van der Waals surface area contributed by atoms with E-state index in [1.165, 1.54) is 7.11 Å². The molecule has 0 atom stereocenters. The van der Waals surface area contributed by atoms with Gasteiger partial charge in [-0.2, -0.15) is 0 Å². The van der Waals surface area contributed by atoms with Gasteiger partial charge in [-0.15, -0.1) is 0 Å². The Morgan fingerprint density at radius 2 is 1.91 bits per heavy atom. The van der Waals surface area contributed by atoms with E-state index < -0.39 is 11.4 Å². The van der Waals surface area contributed by atoms with Gasteiger partial charge in [0.2, 0.25) is 0 Å². The van der Waals surface area contributed by atoms with Crippen LogP contribution in [0.3, 0.4) is 0 Å². The smallest absolute Gasteiger partial charge is 0.311 e. The number of carbonyl (C=O) groups is 1.